The van der Waals surface area contributed by atoms with Crippen molar-refractivity contribution in [1.29, 1.82) is 0 Å². The lowest BCUT2D eigenvalue weighted by Gasteiger charge is -2.36. The monoisotopic (exact) mass is 410 g/mol. The molecule has 4 rings (SSSR count). The van der Waals surface area contributed by atoms with Gasteiger partial charge in [-0.15, -0.1) is 0 Å². The number of pyridine rings is 1. The second-order valence-electron chi connectivity index (χ2n) is 7.00. The topological polar surface area (TPSA) is 79.6 Å². The van der Waals surface area contributed by atoms with E-state index in [1.165, 1.54) is 6.07 Å². The molecule has 0 spiro atoms. The molecule has 0 bridgehead atoms. The van der Waals surface area contributed by atoms with Crippen molar-refractivity contribution in [3.05, 3.63) is 74.9 Å². The van der Waals surface area contributed by atoms with Gasteiger partial charge in [-0.3, -0.25) is 14.9 Å². The number of nitro benzene ring substituents is 1. The first-order valence-corrected chi connectivity index (χ1v) is 9.66. The van der Waals surface area contributed by atoms with Gasteiger partial charge in [0.05, 0.1) is 4.92 Å². The van der Waals surface area contributed by atoms with Crippen molar-refractivity contribution in [3.8, 4) is 0 Å². The van der Waals surface area contributed by atoms with Gasteiger partial charge in [-0.1, -0.05) is 23.7 Å². The number of benzene rings is 2. The van der Waals surface area contributed by atoms with Gasteiger partial charge < -0.3 is 9.80 Å². The average Bonchev–Trinajstić information content (AvgIpc) is 2.73. The molecule has 1 fully saturated rings. The number of nitro groups is 1. The van der Waals surface area contributed by atoms with E-state index in [1.807, 2.05) is 24.0 Å². The lowest BCUT2D eigenvalue weighted by Crippen LogP contribution is -2.48. The Morgan fingerprint density at radius 3 is 2.45 bits per heavy atom. The summed E-state index contributed by atoms with van der Waals surface area (Å²) in [6.07, 6.45) is 0. The summed E-state index contributed by atoms with van der Waals surface area (Å²) >= 11 is 5.90. The van der Waals surface area contributed by atoms with Crippen LogP contribution in [0.1, 0.15) is 16.1 Å². The zero-order chi connectivity index (χ0) is 20.5. The number of nitrogens with zero attached hydrogens (tertiary/aromatic N) is 4. The summed E-state index contributed by atoms with van der Waals surface area (Å²) in [5.41, 5.74) is 2.65. The van der Waals surface area contributed by atoms with Crippen LogP contribution < -0.4 is 4.90 Å². The van der Waals surface area contributed by atoms with Crippen LogP contribution in [-0.2, 0) is 0 Å². The van der Waals surface area contributed by atoms with Gasteiger partial charge in [0.1, 0.15) is 0 Å². The molecule has 1 amide bonds. The molecule has 0 N–H and O–H groups in total. The van der Waals surface area contributed by atoms with Crippen LogP contribution in [0.5, 0.6) is 0 Å². The molecule has 0 aliphatic carbocycles. The lowest BCUT2D eigenvalue weighted by atomic mass is 10.1. The number of hydrogen-bond donors (Lipinski definition) is 0. The molecular weight excluding hydrogens is 392 g/mol. The summed E-state index contributed by atoms with van der Waals surface area (Å²) in [5, 5.41) is 12.7. The summed E-state index contributed by atoms with van der Waals surface area (Å²) in [4.78, 5) is 32.1. The predicted molar refractivity (Wildman–Crippen MR) is 113 cm³/mol. The summed E-state index contributed by atoms with van der Waals surface area (Å²) in [7, 11) is 0. The maximum atomic E-state index is 12.7. The Kier molecular flexibility index (Phi) is 5.07. The predicted octanol–water partition coefficient (Wildman–Crippen LogP) is 4.07. The highest BCUT2D eigenvalue weighted by atomic mass is 35.5. The maximum absolute atomic E-state index is 12.7. The van der Waals surface area contributed by atoms with Crippen LogP contribution in [0.2, 0.25) is 5.02 Å². The second kappa shape index (κ2) is 7.67. The molecule has 7 nitrogen and oxygen atoms in total. The fourth-order valence-electron chi connectivity index (χ4n) is 3.67. The highest BCUT2D eigenvalue weighted by Gasteiger charge is 2.25. The maximum Gasteiger partial charge on any atom is 0.295 e. The molecule has 8 heteroatoms. The Bertz CT molecular complexity index is 1090. The van der Waals surface area contributed by atoms with Gasteiger partial charge in [-0.25, -0.2) is 4.98 Å². The van der Waals surface area contributed by atoms with Crippen molar-refractivity contribution in [1.82, 2.24) is 9.88 Å². The molecule has 0 unspecified atom stereocenters. The molecule has 3 aromatic rings. The highest BCUT2D eigenvalue weighted by Crippen LogP contribution is 2.32. The molecule has 148 valence electrons. The smallest absolute Gasteiger partial charge is 0.295 e. The van der Waals surface area contributed by atoms with Crippen molar-refractivity contribution < 1.29 is 9.72 Å². The van der Waals surface area contributed by atoms with Crippen LogP contribution in [-0.4, -0.2) is 46.9 Å². The zero-order valence-corrected chi connectivity index (χ0v) is 16.6. The van der Waals surface area contributed by atoms with E-state index < -0.39 is 4.92 Å². The largest absolute Gasteiger partial charge is 0.367 e. The minimum atomic E-state index is -0.402. The standard InChI is InChI=1S/C21H19ClN4O3/c1-14-13-19(17-3-2-4-18(26(28)29)20(17)23-14)24-9-11-25(12-10-24)21(27)15-5-7-16(22)8-6-15/h2-8,13H,9-12H2,1H3. The molecule has 1 saturated heterocycles. The minimum Gasteiger partial charge on any atom is -0.367 e. The van der Waals surface area contributed by atoms with Gasteiger partial charge in [0.2, 0.25) is 0 Å². The van der Waals surface area contributed by atoms with Crippen LogP contribution in [0.25, 0.3) is 10.9 Å². The molecule has 29 heavy (non-hydrogen) atoms. The molecule has 1 aromatic heterocycles. The van der Waals surface area contributed by atoms with Crippen LogP contribution in [0.15, 0.2) is 48.5 Å². The fourth-order valence-corrected chi connectivity index (χ4v) is 3.80. The van der Waals surface area contributed by atoms with Crippen molar-refractivity contribution >= 4 is 39.8 Å². The van der Waals surface area contributed by atoms with Crippen LogP contribution in [0.3, 0.4) is 0 Å². The number of non-ortho nitro benzene ring substituents is 1. The van der Waals surface area contributed by atoms with E-state index in [1.54, 1.807) is 30.3 Å². The van der Waals surface area contributed by atoms with E-state index in [2.05, 4.69) is 9.88 Å². The van der Waals surface area contributed by atoms with Crippen molar-refractivity contribution in [2.24, 2.45) is 0 Å². The van der Waals surface area contributed by atoms with Gasteiger partial charge >= 0.3 is 0 Å². The van der Waals surface area contributed by atoms with E-state index in [0.717, 1.165) is 16.8 Å². The molecule has 2 aromatic carbocycles. The number of anilines is 1. The van der Waals surface area contributed by atoms with Gasteiger partial charge in [-0.2, -0.15) is 0 Å². The Morgan fingerprint density at radius 2 is 1.79 bits per heavy atom. The molecule has 2 heterocycles. The number of aromatic nitrogens is 1. The van der Waals surface area contributed by atoms with Crippen molar-refractivity contribution in [3.63, 3.8) is 0 Å². The number of carbonyl (C=O) groups is 1. The molecular formula is C21H19ClN4O3. The van der Waals surface area contributed by atoms with E-state index in [9.17, 15) is 14.9 Å². The Labute approximate surface area is 172 Å². The number of fused-ring (bicyclic) bond motifs is 1. The van der Waals surface area contributed by atoms with Gasteiger partial charge in [-0.05, 0) is 37.3 Å². The highest BCUT2D eigenvalue weighted by molar-refractivity contribution is 6.30. The minimum absolute atomic E-state index is 0.00371. The van der Waals surface area contributed by atoms with E-state index in [0.29, 0.717) is 42.3 Å². The quantitative estimate of drug-likeness (QED) is 0.480. The third-order valence-corrected chi connectivity index (χ3v) is 5.37. The number of para-hydroxylation sites is 1. The first-order valence-electron chi connectivity index (χ1n) is 9.28. The van der Waals surface area contributed by atoms with Crippen LogP contribution in [0, 0.1) is 17.0 Å². The SMILES string of the molecule is Cc1cc(N2CCN(C(=O)c3ccc(Cl)cc3)CC2)c2cccc([N+](=O)[O-])c2n1. The molecule has 0 atom stereocenters. The molecule has 0 radical (unpaired) electrons. The fraction of sp³-hybridized carbons (Fsp3) is 0.238. The molecule has 1 aliphatic rings. The number of aryl methyl sites for hydroxylation is 1. The van der Waals surface area contributed by atoms with Crippen molar-refractivity contribution in [2.45, 2.75) is 6.92 Å². The summed E-state index contributed by atoms with van der Waals surface area (Å²) < 4.78 is 0. The summed E-state index contributed by atoms with van der Waals surface area (Å²) in [5.74, 6) is -0.0206. The Hall–Kier alpha value is -3.19. The summed E-state index contributed by atoms with van der Waals surface area (Å²) in [6, 6.07) is 13.8. The number of rotatable bonds is 3. The van der Waals surface area contributed by atoms with Gasteiger partial charge in [0, 0.05) is 59.6 Å². The average molecular weight is 411 g/mol. The zero-order valence-electron chi connectivity index (χ0n) is 15.8. The number of halogens is 1. The number of piperazine rings is 1. The van der Waals surface area contributed by atoms with Crippen LogP contribution in [0.4, 0.5) is 11.4 Å². The van der Waals surface area contributed by atoms with Crippen LogP contribution >= 0.6 is 11.6 Å². The second-order valence-corrected chi connectivity index (χ2v) is 7.44. The number of hydrogen-bond acceptors (Lipinski definition) is 5. The lowest BCUT2D eigenvalue weighted by molar-refractivity contribution is -0.383. The number of carbonyl (C=O) groups excluding carboxylic acids is 1. The van der Waals surface area contributed by atoms with E-state index >= 15 is 0 Å². The van der Waals surface area contributed by atoms with Gasteiger partial charge in [0.15, 0.2) is 5.52 Å². The molecule has 0 saturated carbocycles. The third kappa shape index (κ3) is 3.73. The molecule has 1 aliphatic heterocycles. The first-order chi connectivity index (χ1) is 13.9. The van der Waals surface area contributed by atoms with E-state index in [-0.39, 0.29) is 11.6 Å². The Morgan fingerprint density at radius 1 is 1.10 bits per heavy atom. The normalized spacial score (nSPS) is 14.3. The van der Waals surface area contributed by atoms with Gasteiger partial charge in [0.25, 0.3) is 11.6 Å². The van der Waals surface area contributed by atoms with E-state index in [4.69, 9.17) is 11.6 Å². The van der Waals surface area contributed by atoms with Crippen molar-refractivity contribution in [2.75, 3.05) is 31.1 Å². The first kappa shape index (κ1) is 19.1. The summed E-state index contributed by atoms with van der Waals surface area (Å²) in [6.45, 7) is 4.25. The Balaban J connectivity index is 1.58. The third-order valence-electron chi connectivity index (χ3n) is 5.12. The number of amides is 1.